The summed E-state index contributed by atoms with van der Waals surface area (Å²) in [6.07, 6.45) is 2.03. The normalized spacial score (nSPS) is 13.8. The van der Waals surface area contributed by atoms with E-state index in [0.717, 1.165) is 11.0 Å². The van der Waals surface area contributed by atoms with E-state index >= 15 is 0 Å². The van der Waals surface area contributed by atoms with Crippen LogP contribution in [0.4, 0.5) is 4.39 Å². The fourth-order valence-corrected chi connectivity index (χ4v) is 3.47. The molecule has 2 aromatic carbocycles. The summed E-state index contributed by atoms with van der Waals surface area (Å²) < 4.78 is 13.7. The highest BCUT2D eigenvalue weighted by molar-refractivity contribution is 7.98. The number of benzene rings is 2. The maximum atomic E-state index is 13.7. The summed E-state index contributed by atoms with van der Waals surface area (Å²) >= 11 is 1.45. The van der Waals surface area contributed by atoms with Gasteiger partial charge in [-0.15, -0.1) is 0 Å². The summed E-state index contributed by atoms with van der Waals surface area (Å²) in [6.45, 7) is 0. The lowest BCUT2D eigenvalue weighted by Gasteiger charge is -2.25. The summed E-state index contributed by atoms with van der Waals surface area (Å²) in [6, 6.07) is 10.5. The maximum Gasteiger partial charge on any atom is 0.272 e. The van der Waals surface area contributed by atoms with Gasteiger partial charge in [0.25, 0.3) is 23.6 Å². The predicted molar refractivity (Wildman–Crippen MR) is 106 cm³/mol. The number of hydrogen-bond donors (Lipinski definition) is 2. The summed E-state index contributed by atoms with van der Waals surface area (Å²) in [5.41, 5.74) is 4.56. The lowest BCUT2D eigenvalue weighted by atomic mass is 10.1. The Balaban J connectivity index is 1.76. The lowest BCUT2D eigenvalue weighted by Crippen LogP contribution is -2.54. The molecule has 7 nitrogen and oxygen atoms in total. The number of fused-ring (bicyclic) bond motifs is 1. The van der Waals surface area contributed by atoms with Crippen molar-refractivity contribution in [3.63, 3.8) is 0 Å². The number of amides is 4. The van der Waals surface area contributed by atoms with Crippen molar-refractivity contribution in [2.45, 2.75) is 12.5 Å². The van der Waals surface area contributed by atoms with Gasteiger partial charge in [0, 0.05) is 0 Å². The third-order valence-electron chi connectivity index (χ3n) is 4.45. The summed E-state index contributed by atoms with van der Waals surface area (Å²) in [5, 5.41) is 0. The largest absolute Gasteiger partial charge is 0.272 e. The predicted octanol–water partition coefficient (Wildman–Crippen LogP) is 2.00. The summed E-state index contributed by atoms with van der Waals surface area (Å²) in [7, 11) is 0. The van der Waals surface area contributed by atoms with Gasteiger partial charge in [-0.05, 0) is 42.7 Å². The van der Waals surface area contributed by atoms with Gasteiger partial charge in [-0.3, -0.25) is 34.9 Å². The van der Waals surface area contributed by atoms with Crippen LogP contribution >= 0.6 is 11.8 Å². The second-order valence-electron chi connectivity index (χ2n) is 6.25. The second kappa shape index (κ2) is 8.87. The number of hydrogen-bond acceptors (Lipinski definition) is 5. The van der Waals surface area contributed by atoms with E-state index in [2.05, 4.69) is 10.9 Å². The van der Waals surface area contributed by atoms with E-state index in [9.17, 15) is 23.6 Å². The number of nitrogens with one attached hydrogen (secondary N) is 2. The smallest absolute Gasteiger partial charge is 0.271 e. The van der Waals surface area contributed by atoms with Gasteiger partial charge >= 0.3 is 0 Å². The van der Waals surface area contributed by atoms with Crippen molar-refractivity contribution in [3.05, 3.63) is 71.0 Å². The molecule has 150 valence electrons. The van der Waals surface area contributed by atoms with Gasteiger partial charge in [0.15, 0.2) is 0 Å². The van der Waals surface area contributed by atoms with E-state index in [-0.39, 0.29) is 23.1 Å². The Bertz CT molecular complexity index is 947. The van der Waals surface area contributed by atoms with Crippen molar-refractivity contribution in [1.82, 2.24) is 15.8 Å². The number of thioether (sulfide) groups is 1. The number of imide groups is 1. The Labute approximate surface area is 170 Å². The summed E-state index contributed by atoms with van der Waals surface area (Å²) in [4.78, 5) is 51.2. The second-order valence-corrected chi connectivity index (χ2v) is 7.23. The lowest BCUT2D eigenvalue weighted by molar-refractivity contribution is -0.125. The van der Waals surface area contributed by atoms with Gasteiger partial charge in [0.05, 0.1) is 16.7 Å². The molecule has 0 bridgehead atoms. The van der Waals surface area contributed by atoms with Gasteiger partial charge in [0.2, 0.25) is 0 Å². The molecule has 1 aliphatic heterocycles. The first kappa shape index (κ1) is 20.5. The molecule has 1 aliphatic rings. The van der Waals surface area contributed by atoms with Crippen LogP contribution in [0.15, 0.2) is 48.5 Å². The molecule has 29 heavy (non-hydrogen) atoms. The molecule has 1 heterocycles. The highest BCUT2D eigenvalue weighted by Gasteiger charge is 2.42. The topological polar surface area (TPSA) is 95.6 Å². The molecule has 0 spiro atoms. The zero-order chi connectivity index (χ0) is 21.0. The van der Waals surface area contributed by atoms with Crippen LogP contribution in [0.1, 0.15) is 37.5 Å². The quantitative estimate of drug-likeness (QED) is 0.556. The van der Waals surface area contributed by atoms with Crippen LogP contribution in [-0.2, 0) is 4.79 Å². The minimum absolute atomic E-state index is 0.202. The minimum Gasteiger partial charge on any atom is -0.271 e. The van der Waals surface area contributed by atoms with Crippen LogP contribution in [0.5, 0.6) is 0 Å². The number of rotatable bonds is 6. The standard InChI is InChI=1S/C20H18FN3O4S/c1-29-11-10-16(24-19(27)12-6-2-3-7-13(12)20(24)28)18(26)23-22-17(25)14-8-4-5-9-15(14)21/h2-9,16H,10-11H2,1H3,(H,22,25)(H,23,26)/t16-/m1/s1. The van der Waals surface area contributed by atoms with Crippen molar-refractivity contribution in [1.29, 1.82) is 0 Å². The van der Waals surface area contributed by atoms with Crippen molar-refractivity contribution >= 4 is 35.4 Å². The summed E-state index contributed by atoms with van der Waals surface area (Å²) in [5.74, 6) is -2.94. The van der Waals surface area contributed by atoms with Crippen LogP contribution in [0.2, 0.25) is 0 Å². The van der Waals surface area contributed by atoms with Crippen molar-refractivity contribution in [2.75, 3.05) is 12.0 Å². The molecule has 2 aromatic rings. The van der Waals surface area contributed by atoms with Crippen LogP contribution < -0.4 is 10.9 Å². The fraction of sp³-hybridized carbons (Fsp3) is 0.200. The number of halogens is 1. The average molecular weight is 415 g/mol. The number of carbonyl (C=O) groups excluding carboxylic acids is 4. The molecule has 3 rings (SSSR count). The van der Waals surface area contributed by atoms with Gasteiger partial charge < -0.3 is 0 Å². The van der Waals surface area contributed by atoms with Gasteiger partial charge in [0.1, 0.15) is 11.9 Å². The zero-order valence-electron chi connectivity index (χ0n) is 15.5. The molecule has 0 unspecified atom stereocenters. The van der Waals surface area contributed by atoms with E-state index < -0.39 is 35.5 Å². The highest BCUT2D eigenvalue weighted by Crippen LogP contribution is 2.26. The first-order valence-electron chi connectivity index (χ1n) is 8.76. The molecule has 0 aromatic heterocycles. The minimum atomic E-state index is -1.12. The highest BCUT2D eigenvalue weighted by atomic mass is 32.2. The molecule has 4 amide bonds. The van der Waals surface area contributed by atoms with Crippen LogP contribution in [0.25, 0.3) is 0 Å². The van der Waals surface area contributed by atoms with Crippen molar-refractivity contribution in [3.8, 4) is 0 Å². The molecular weight excluding hydrogens is 397 g/mol. The van der Waals surface area contributed by atoms with Crippen LogP contribution in [0.3, 0.4) is 0 Å². The van der Waals surface area contributed by atoms with Gasteiger partial charge in [-0.1, -0.05) is 24.3 Å². The Hall–Kier alpha value is -3.20. The van der Waals surface area contributed by atoms with Crippen molar-refractivity contribution < 1.29 is 23.6 Å². The molecular formula is C20H18FN3O4S. The molecule has 9 heteroatoms. The van der Waals surface area contributed by atoms with E-state index in [1.165, 1.54) is 42.1 Å². The monoisotopic (exact) mass is 415 g/mol. The first-order chi connectivity index (χ1) is 14.0. The Morgan fingerprint density at radius 3 is 2.17 bits per heavy atom. The molecule has 0 saturated heterocycles. The maximum absolute atomic E-state index is 13.7. The van der Waals surface area contributed by atoms with Crippen LogP contribution in [-0.4, -0.2) is 46.6 Å². The zero-order valence-corrected chi connectivity index (χ0v) is 16.3. The number of hydrazine groups is 1. The van der Waals surface area contributed by atoms with Crippen LogP contribution in [0, 0.1) is 5.82 Å². The third-order valence-corrected chi connectivity index (χ3v) is 5.10. The molecule has 0 aliphatic carbocycles. The number of nitrogens with zero attached hydrogens (tertiary/aromatic N) is 1. The van der Waals surface area contributed by atoms with E-state index in [0.29, 0.717) is 5.75 Å². The fourth-order valence-electron chi connectivity index (χ4n) is 3.01. The Kier molecular flexibility index (Phi) is 6.28. The SMILES string of the molecule is CSCC[C@H](C(=O)NNC(=O)c1ccccc1F)N1C(=O)c2ccccc2C1=O. The van der Waals surface area contributed by atoms with E-state index in [1.807, 2.05) is 6.26 Å². The Morgan fingerprint density at radius 2 is 1.59 bits per heavy atom. The van der Waals surface area contributed by atoms with E-state index in [1.54, 1.807) is 12.1 Å². The van der Waals surface area contributed by atoms with E-state index in [4.69, 9.17) is 0 Å². The first-order valence-corrected chi connectivity index (χ1v) is 10.2. The molecule has 0 saturated carbocycles. The molecule has 2 N–H and O–H groups in total. The van der Waals surface area contributed by atoms with Crippen molar-refractivity contribution in [2.24, 2.45) is 0 Å². The number of carbonyl (C=O) groups is 4. The molecule has 0 radical (unpaired) electrons. The third kappa shape index (κ3) is 4.14. The van der Waals surface area contributed by atoms with Gasteiger partial charge in [-0.25, -0.2) is 4.39 Å². The average Bonchev–Trinajstić information content (AvgIpc) is 2.98. The molecule has 0 fully saturated rings. The molecule has 1 atom stereocenters. The van der Waals surface area contributed by atoms with Gasteiger partial charge in [-0.2, -0.15) is 11.8 Å². The Morgan fingerprint density at radius 1 is 1.00 bits per heavy atom.